The van der Waals surface area contributed by atoms with E-state index in [-0.39, 0.29) is 0 Å². The molecule has 0 aromatic heterocycles. The molecular formula is C15H25N3S. The summed E-state index contributed by atoms with van der Waals surface area (Å²) in [6.45, 7) is 3.97. The van der Waals surface area contributed by atoms with Gasteiger partial charge in [0.25, 0.3) is 0 Å². The number of nitrogens with zero attached hydrogens (tertiary/aromatic N) is 2. The van der Waals surface area contributed by atoms with Crippen molar-refractivity contribution < 1.29 is 0 Å². The molecule has 1 aromatic carbocycles. The van der Waals surface area contributed by atoms with E-state index in [0.717, 1.165) is 19.0 Å². The van der Waals surface area contributed by atoms with Gasteiger partial charge in [0.05, 0.1) is 0 Å². The van der Waals surface area contributed by atoms with Crippen molar-refractivity contribution in [3.8, 4) is 0 Å². The Balaban J connectivity index is 2.45. The predicted octanol–water partition coefficient (Wildman–Crippen LogP) is 2.76. The summed E-state index contributed by atoms with van der Waals surface area (Å²) in [7, 11) is 3.91. The van der Waals surface area contributed by atoms with E-state index in [1.165, 1.54) is 23.3 Å². The van der Waals surface area contributed by atoms with Crippen LogP contribution in [0, 0.1) is 6.92 Å². The molecule has 0 aliphatic carbocycles. The number of thioether (sulfide) groups is 1. The first-order valence-corrected chi connectivity index (χ1v) is 8.03. The lowest BCUT2D eigenvalue weighted by atomic mass is 10.1. The molecule has 3 nitrogen and oxygen atoms in total. The van der Waals surface area contributed by atoms with E-state index < -0.39 is 0 Å². The zero-order valence-corrected chi connectivity index (χ0v) is 13.3. The van der Waals surface area contributed by atoms with E-state index in [1.54, 1.807) is 0 Å². The van der Waals surface area contributed by atoms with E-state index in [4.69, 9.17) is 0 Å². The van der Waals surface area contributed by atoms with E-state index in [2.05, 4.69) is 59.7 Å². The highest BCUT2D eigenvalue weighted by Gasteiger charge is 2.05. The number of nitrogens with one attached hydrogen (secondary N) is 1. The molecule has 0 heterocycles. The van der Waals surface area contributed by atoms with E-state index in [0.29, 0.717) is 0 Å². The SMILES string of the molecule is CN=C(NCCCSC)N(C)Cc1ccc(C)cc1. The largest absolute Gasteiger partial charge is 0.356 e. The molecule has 1 aromatic rings. The van der Waals surface area contributed by atoms with Crippen molar-refractivity contribution in [3.05, 3.63) is 35.4 Å². The molecule has 0 spiro atoms. The molecule has 0 saturated heterocycles. The maximum absolute atomic E-state index is 4.32. The topological polar surface area (TPSA) is 27.6 Å². The van der Waals surface area contributed by atoms with Crippen molar-refractivity contribution in [2.75, 3.05) is 32.6 Å². The zero-order valence-electron chi connectivity index (χ0n) is 12.4. The minimum atomic E-state index is 0.877. The number of rotatable bonds is 6. The van der Waals surface area contributed by atoms with Crippen LogP contribution in [-0.2, 0) is 6.54 Å². The quantitative estimate of drug-likeness (QED) is 0.493. The Labute approximate surface area is 121 Å². The van der Waals surface area contributed by atoms with E-state index >= 15 is 0 Å². The first-order chi connectivity index (χ1) is 9.17. The average Bonchev–Trinajstić information content (AvgIpc) is 2.41. The fraction of sp³-hybridized carbons (Fsp3) is 0.533. The second kappa shape index (κ2) is 8.86. The van der Waals surface area contributed by atoms with Crippen LogP contribution in [0.3, 0.4) is 0 Å². The maximum Gasteiger partial charge on any atom is 0.193 e. The van der Waals surface area contributed by atoms with Crippen LogP contribution in [0.25, 0.3) is 0 Å². The molecule has 0 bridgehead atoms. The van der Waals surface area contributed by atoms with Crippen LogP contribution in [0.5, 0.6) is 0 Å². The van der Waals surface area contributed by atoms with Crippen molar-refractivity contribution in [1.82, 2.24) is 10.2 Å². The molecule has 0 atom stereocenters. The van der Waals surface area contributed by atoms with Gasteiger partial charge in [0.2, 0.25) is 0 Å². The molecule has 0 radical (unpaired) electrons. The summed E-state index contributed by atoms with van der Waals surface area (Å²) in [5.74, 6) is 2.15. The minimum Gasteiger partial charge on any atom is -0.356 e. The molecule has 0 aliphatic heterocycles. The number of guanidine groups is 1. The van der Waals surface area contributed by atoms with Gasteiger partial charge in [0, 0.05) is 27.2 Å². The minimum absolute atomic E-state index is 0.877. The van der Waals surface area contributed by atoms with Gasteiger partial charge in [-0.3, -0.25) is 4.99 Å². The highest BCUT2D eigenvalue weighted by atomic mass is 32.2. The van der Waals surface area contributed by atoms with Crippen molar-refractivity contribution in [3.63, 3.8) is 0 Å². The molecule has 4 heteroatoms. The number of benzene rings is 1. The van der Waals surface area contributed by atoms with Gasteiger partial charge in [-0.25, -0.2) is 0 Å². The summed E-state index contributed by atoms with van der Waals surface area (Å²) in [5.41, 5.74) is 2.60. The van der Waals surface area contributed by atoms with Crippen LogP contribution in [-0.4, -0.2) is 43.5 Å². The first-order valence-electron chi connectivity index (χ1n) is 6.63. The number of hydrogen-bond acceptors (Lipinski definition) is 2. The number of aliphatic imine (C=N–C) groups is 1. The molecule has 19 heavy (non-hydrogen) atoms. The summed E-state index contributed by atoms with van der Waals surface area (Å²) in [6.07, 6.45) is 3.30. The normalized spacial score (nSPS) is 11.5. The Morgan fingerprint density at radius 2 is 2.00 bits per heavy atom. The van der Waals surface area contributed by atoms with Crippen LogP contribution in [0.4, 0.5) is 0 Å². The Morgan fingerprint density at radius 3 is 2.58 bits per heavy atom. The molecule has 1 rings (SSSR count). The lowest BCUT2D eigenvalue weighted by Crippen LogP contribution is -2.39. The van der Waals surface area contributed by atoms with Crippen molar-refractivity contribution in [2.24, 2.45) is 4.99 Å². The predicted molar refractivity (Wildman–Crippen MR) is 87.0 cm³/mol. The Hall–Kier alpha value is -1.16. The highest BCUT2D eigenvalue weighted by Crippen LogP contribution is 2.06. The van der Waals surface area contributed by atoms with Crippen molar-refractivity contribution in [2.45, 2.75) is 19.9 Å². The molecule has 0 saturated carbocycles. The number of aryl methyl sites for hydroxylation is 1. The van der Waals surface area contributed by atoms with Gasteiger partial charge >= 0.3 is 0 Å². The standard InChI is InChI=1S/C15H25N3S/c1-13-6-8-14(9-7-13)12-18(3)15(16-2)17-10-5-11-19-4/h6-9H,5,10-12H2,1-4H3,(H,16,17). The van der Waals surface area contributed by atoms with Gasteiger partial charge in [-0.15, -0.1) is 0 Å². The zero-order chi connectivity index (χ0) is 14.1. The first kappa shape index (κ1) is 15.9. The second-order valence-electron chi connectivity index (χ2n) is 4.66. The van der Waals surface area contributed by atoms with Gasteiger partial charge in [-0.05, 0) is 30.9 Å². The fourth-order valence-corrected chi connectivity index (χ4v) is 2.28. The Kier molecular flexibility index (Phi) is 7.41. The van der Waals surface area contributed by atoms with Gasteiger partial charge < -0.3 is 10.2 Å². The van der Waals surface area contributed by atoms with Crippen LogP contribution in [0.2, 0.25) is 0 Å². The van der Waals surface area contributed by atoms with Gasteiger partial charge in [-0.2, -0.15) is 11.8 Å². The molecule has 0 aliphatic rings. The number of hydrogen-bond donors (Lipinski definition) is 1. The third-order valence-corrected chi connectivity index (χ3v) is 3.62. The summed E-state index contributed by atoms with van der Waals surface area (Å²) < 4.78 is 0. The molecule has 0 unspecified atom stereocenters. The van der Waals surface area contributed by atoms with Crippen LogP contribution >= 0.6 is 11.8 Å². The molecule has 1 N–H and O–H groups in total. The lowest BCUT2D eigenvalue weighted by molar-refractivity contribution is 0.477. The fourth-order valence-electron chi connectivity index (χ4n) is 1.84. The molecule has 0 fully saturated rings. The maximum atomic E-state index is 4.32. The van der Waals surface area contributed by atoms with Crippen molar-refractivity contribution in [1.29, 1.82) is 0 Å². The average molecular weight is 279 g/mol. The third-order valence-electron chi connectivity index (χ3n) is 2.92. The summed E-state index contributed by atoms with van der Waals surface area (Å²) >= 11 is 1.88. The van der Waals surface area contributed by atoms with Crippen LogP contribution < -0.4 is 5.32 Å². The van der Waals surface area contributed by atoms with E-state index in [9.17, 15) is 0 Å². The monoisotopic (exact) mass is 279 g/mol. The molecule has 106 valence electrons. The summed E-state index contributed by atoms with van der Waals surface area (Å²) in [6, 6.07) is 8.65. The Bertz CT molecular complexity index is 387. The van der Waals surface area contributed by atoms with Gasteiger partial charge in [-0.1, -0.05) is 29.8 Å². The van der Waals surface area contributed by atoms with Crippen molar-refractivity contribution >= 4 is 17.7 Å². The summed E-state index contributed by atoms with van der Waals surface area (Å²) in [5, 5.41) is 3.40. The van der Waals surface area contributed by atoms with Gasteiger partial charge in [0.15, 0.2) is 5.96 Å². The second-order valence-corrected chi connectivity index (χ2v) is 5.65. The van der Waals surface area contributed by atoms with Gasteiger partial charge in [0.1, 0.15) is 0 Å². The lowest BCUT2D eigenvalue weighted by Gasteiger charge is -2.22. The van der Waals surface area contributed by atoms with Crippen LogP contribution in [0.1, 0.15) is 17.5 Å². The molecule has 0 amide bonds. The Morgan fingerprint density at radius 1 is 1.32 bits per heavy atom. The molecular weight excluding hydrogens is 254 g/mol. The third kappa shape index (κ3) is 6.01. The highest BCUT2D eigenvalue weighted by molar-refractivity contribution is 7.98. The summed E-state index contributed by atoms with van der Waals surface area (Å²) in [4.78, 5) is 6.48. The van der Waals surface area contributed by atoms with E-state index in [1.807, 2.05) is 18.8 Å². The smallest absolute Gasteiger partial charge is 0.193 e. The van der Waals surface area contributed by atoms with Crippen LogP contribution in [0.15, 0.2) is 29.3 Å².